The van der Waals surface area contributed by atoms with Gasteiger partial charge in [-0.05, 0) is 58.7 Å². The highest BCUT2D eigenvalue weighted by Gasteiger charge is 2.26. The molecule has 8 heteroatoms. The molecule has 0 fully saturated rings. The zero-order valence-corrected chi connectivity index (χ0v) is 15.7. The monoisotopic (exact) mass is 369 g/mol. The summed E-state index contributed by atoms with van der Waals surface area (Å²) < 4.78 is 15.3. The van der Waals surface area contributed by atoms with Crippen molar-refractivity contribution in [2.24, 2.45) is 5.73 Å². The predicted octanol–water partition coefficient (Wildman–Crippen LogP) is 2.24. The Balaban J connectivity index is 2.54. The summed E-state index contributed by atoms with van der Waals surface area (Å²) in [6.07, 6.45) is -2.19. The lowest BCUT2D eigenvalue weighted by molar-refractivity contribution is -0.156. The van der Waals surface area contributed by atoms with Gasteiger partial charge in [0.2, 0.25) is 0 Å². The molecule has 8 nitrogen and oxygen atoms in total. The van der Waals surface area contributed by atoms with E-state index in [1.807, 2.05) is 0 Å². The van der Waals surface area contributed by atoms with Crippen molar-refractivity contribution >= 4 is 12.1 Å². The van der Waals surface area contributed by atoms with E-state index in [4.69, 9.17) is 19.9 Å². The molecule has 0 amide bonds. The van der Waals surface area contributed by atoms with Crippen molar-refractivity contribution in [3.63, 3.8) is 0 Å². The molecule has 0 spiro atoms. The third-order valence-electron chi connectivity index (χ3n) is 3.43. The van der Waals surface area contributed by atoms with Crippen molar-refractivity contribution in [2.75, 3.05) is 0 Å². The lowest BCUT2D eigenvalue weighted by Crippen LogP contribution is -2.40. The number of aromatic hydroxyl groups is 2. The third-order valence-corrected chi connectivity index (χ3v) is 3.43. The van der Waals surface area contributed by atoms with Crippen LogP contribution in [0.1, 0.15) is 40.2 Å². The van der Waals surface area contributed by atoms with Crippen LogP contribution in [0.5, 0.6) is 11.5 Å². The molecular weight excluding hydrogens is 342 g/mol. The molecule has 26 heavy (non-hydrogen) atoms. The largest absolute Gasteiger partial charge is 0.509 e. The van der Waals surface area contributed by atoms with E-state index in [1.165, 1.54) is 12.1 Å². The molecule has 146 valence electrons. The smallest absolute Gasteiger partial charge is 0.504 e. The molecule has 0 aliphatic heterocycles. The van der Waals surface area contributed by atoms with E-state index in [9.17, 15) is 19.8 Å². The van der Waals surface area contributed by atoms with E-state index in [2.05, 4.69) is 0 Å². The second-order valence-corrected chi connectivity index (χ2v) is 7.06. The number of carbonyl (C=O) groups excluding carboxylic acids is 2. The summed E-state index contributed by atoms with van der Waals surface area (Å²) in [5.74, 6) is -1.23. The Bertz CT molecular complexity index is 639. The minimum Gasteiger partial charge on any atom is -0.504 e. The second kappa shape index (κ2) is 8.75. The van der Waals surface area contributed by atoms with Crippen molar-refractivity contribution in [2.45, 2.75) is 64.9 Å². The number of phenols is 2. The van der Waals surface area contributed by atoms with Gasteiger partial charge in [0.25, 0.3) is 0 Å². The molecule has 3 atom stereocenters. The standard InChI is InChI=1S/C18H27NO7/c1-10(11(2)25-17(23)26-18(3,4)5)24-16(22)13(19)8-12-6-7-14(20)15(21)9-12/h6-7,9-11,13,20-21H,8,19H2,1-5H3/t10-,11+,13-/m0/s1. The van der Waals surface area contributed by atoms with E-state index in [1.54, 1.807) is 40.7 Å². The number of ether oxygens (including phenoxy) is 3. The van der Waals surface area contributed by atoms with Gasteiger partial charge in [-0.25, -0.2) is 4.79 Å². The van der Waals surface area contributed by atoms with Crippen LogP contribution in [-0.2, 0) is 25.4 Å². The van der Waals surface area contributed by atoms with Gasteiger partial charge in [0.15, 0.2) is 11.5 Å². The molecule has 4 N–H and O–H groups in total. The summed E-state index contributed by atoms with van der Waals surface area (Å²) in [5.41, 5.74) is 5.70. The van der Waals surface area contributed by atoms with E-state index in [0.717, 1.165) is 0 Å². The van der Waals surface area contributed by atoms with Crippen molar-refractivity contribution in [3.05, 3.63) is 23.8 Å². The van der Waals surface area contributed by atoms with Crippen LogP contribution >= 0.6 is 0 Å². The summed E-state index contributed by atoms with van der Waals surface area (Å²) in [7, 11) is 0. The van der Waals surface area contributed by atoms with Crippen molar-refractivity contribution in [1.82, 2.24) is 0 Å². The number of esters is 1. The first-order chi connectivity index (χ1) is 11.9. The zero-order chi connectivity index (χ0) is 20.1. The van der Waals surface area contributed by atoms with Gasteiger partial charge < -0.3 is 30.2 Å². The first-order valence-corrected chi connectivity index (χ1v) is 8.25. The molecule has 0 saturated heterocycles. The fourth-order valence-corrected chi connectivity index (χ4v) is 1.92. The Labute approximate surface area is 152 Å². The fraction of sp³-hybridized carbons (Fsp3) is 0.556. The van der Waals surface area contributed by atoms with Gasteiger partial charge in [-0.1, -0.05) is 6.07 Å². The average molecular weight is 369 g/mol. The lowest BCUT2D eigenvalue weighted by Gasteiger charge is -2.24. The quantitative estimate of drug-likeness (QED) is 0.514. The number of rotatable bonds is 6. The number of benzene rings is 1. The van der Waals surface area contributed by atoms with E-state index in [0.29, 0.717) is 5.56 Å². The molecule has 1 rings (SSSR count). The van der Waals surface area contributed by atoms with Crippen LogP contribution < -0.4 is 5.73 Å². The van der Waals surface area contributed by atoms with Gasteiger partial charge >= 0.3 is 12.1 Å². The maximum Gasteiger partial charge on any atom is 0.509 e. The lowest BCUT2D eigenvalue weighted by atomic mass is 10.1. The summed E-state index contributed by atoms with van der Waals surface area (Å²) in [5, 5.41) is 18.8. The molecule has 0 radical (unpaired) electrons. The Morgan fingerprint density at radius 3 is 2.19 bits per heavy atom. The van der Waals surface area contributed by atoms with Crippen LogP contribution in [0.15, 0.2) is 18.2 Å². The Kier molecular flexibility index (Phi) is 7.26. The molecule has 0 saturated carbocycles. The molecule has 1 aromatic carbocycles. The van der Waals surface area contributed by atoms with E-state index in [-0.39, 0.29) is 17.9 Å². The zero-order valence-electron chi connectivity index (χ0n) is 15.7. The highest BCUT2D eigenvalue weighted by Crippen LogP contribution is 2.25. The topological polar surface area (TPSA) is 128 Å². The van der Waals surface area contributed by atoms with Gasteiger partial charge in [0, 0.05) is 0 Å². The molecule has 0 aliphatic rings. The molecule has 0 aliphatic carbocycles. The van der Waals surface area contributed by atoms with Crippen molar-refractivity contribution < 1.29 is 34.0 Å². The third kappa shape index (κ3) is 7.18. The SMILES string of the molecule is C[C@H](OC(=O)[C@@H](N)Cc1ccc(O)c(O)c1)[C@@H](C)OC(=O)OC(C)(C)C. The van der Waals surface area contributed by atoms with Crippen LogP contribution in [-0.4, -0.2) is 46.2 Å². The van der Waals surface area contributed by atoms with Gasteiger partial charge in [0.1, 0.15) is 23.9 Å². The van der Waals surface area contributed by atoms with Crippen LogP contribution in [0.4, 0.5) is 4.79 Å². The van der Waals surface area contributed by atoms with Gasteiger partial charge in [-0.15, -0.1) is 0 Å². The van der Waals surface area contributed by atoms with Crippen LogP contribution in [0.25, 0.3) is 0 Å². The first kappa shape index (κ1) is 21.6. The maximum atomic E-state index is 12.1. The highest BCUT2D eigenvalue weighted by molar-refractivity contribution is 5.76. The summed E-state index contributed by atoms with van der Waals surface area (Å²) in [6, 6.07) is 3.19. The minimum atomic E-state index is -0.977. The number of hydrogen-bond acceptors (Lipinski definition) is 8. The number of carbonyl (C=O) groups is 2. The van der Waals surface area contributed by atoms with Gasteiger partial charge in [-0.3, -0.25) is 4.79 Å². The number of hydrogen-bond donors (Lipinski definition) is 3. The maximum absolute atomic E-state index is 12.1. The second-order valence-electron chi connectivity index (χ2n) is 7.06. The van der Waals surface area contributed by atoms with Crippen molar-refractivity contribution in [3.8, 4) is 11.5 Å². The molecule has 0 heterocycles. The predicted molar refractivity (Wildman–Crippen MR) is 93.8 cm³/mol. The van der Waals surface area contributed by atoms with E-state index >= 15 is 0 Å². The Hall–Kier alpha value is -2.48. The highest BCUT2D eigenvalue weighted by atomic mass is 16.7. The molecule has 0 unspecified atom stereocenters. The molecule has 0 bridgehead atoms. The average Bonchev–Trinajstić information content (AvgIpc) is 2.48. The Morgan fingerprint density at radius 2 is 1.65 bits per heavy atom. The van der Waals surface area contributed by atoms with Gasteiger partial charge in [0.05, 0.1) is 0 Å². The van der Waals surface area contributed by atoms with Crippen LogP contribution in [0.3, 0.4) is 0 Å². The molecule has 0 aromatic heterocycles. The fourth-order valence-electron chi connectivity index (χ4n) is 1.92. The van der Waals surface area contributed by atoms with Gasteiger partial charge in [-0.2, -0.15) is 0 Å². The summed E-state index contributed by atoms with van der Waals surface area (Å²) >= 11 is 0. The van der Waals surface area contributed by atoms with Crippen LogP contribution in [0, 0.1) is 0 Å². The number of nitrogens with two attached hydrogens (primary N) is 1. The summed E-state index contributed by atoms with van der Waals surface area (Å²) in [4.78, 5) is 23.7. The first-order valence-electron chi connectivity index (χ1n) is 8.25. The Morgan fingerprint density at radius 1 is 1.08 bits per heavy atom. The normalized spacial score (nSPS) is 14.8. The molecule has 1 aromatic rings. The molecular formula is C18H27NO7. The minimum absolute atomic E-state index is 0.112. The number of phenolic OH excluding ortho intramolecular Hbond substituents is 2. The van der Waals surface area contributed by atoms with Crippen molar-refractivity contribution in [1.29, 1.82) is 0 Å². The van der Waals surface area contributed by atoms with E-state index < -0.39 is 36.0 Å². The van der Waals surface area contributed by atoms with Crippen LogP contribution in [0.2, 0.25) is 0 Å². The summed E-state index contributed by atoms with van der Waals surface area (Å²) in [6.45, 7) is 8.28.